The van der Waals surface area contributed by atoms with Crippen LogP contribution in [0.25, 0.3) is 10.8 Å². The maximum Gasteiger partial charge on any atom is 0.255 e. The summed E-state index contributed by atoms with van der Waals surface area (Å²) in [5, 5.41) is 5.06. The van der Waals surface area contributed by atoms with Gasteiger partial charge in [-0.15, -0.1) is 0 Å². The van der Waals surface area contributed by atoms with E-state index in [1.54, 1.807) is 12.1 Å². The van der Waals surface area contributed by atoms with Crippen LogP contribution in [0.2, 0.25) is 0 Å². The van der Waals surface area contributed by atoms with Gasteiger partial charge in [0.25, 0.3) is 5.91 Å². The fraction of sp³-hybridized carbons (Fsp3) is 0. The molecule has 0 saturated heterocycles. The Kier molecular flexibility index (Phi) is 2.99. The second-order valence-electron chi connectivity index (χ2n) is 4.30. The Hall–Kier alpha value is -2.61. The Labute approximate surface area is 111 Å². The van der Waals surface area contributed by atoms with E-state index in [0.29, 0.717) is 5.56 Å². The fourth-order valence-corrected chi connectivity index (χ4v) is 2.00. The lowest BCUT2D eigenvalue weighted by molar-refractivity contribution is 0.102. The lowest BCUT2D eigenvalue weighted by Gasteiger charge is -2.06. The summed E-state index contributed by atoms with van der Waals surface area (Å²) in [4.78, 5) is 12.1. The van der Waals surface area contributed by atoms with Gasteiger partial charge in [-0.1, -0.05) is 42.5 Å². The van der Waals surface area contributed by atoms with Crippen LogP contribution in [0.4, 0.5) is 5.69 Å². The topological polar surface area (TPSA) is 29.1 Å². The molecule has 0 aromatic heterocycles. The van der Waals surface area contributed by atoms with Gasteiger partial charge in [0.15, 0.2) is 0 Å². The SMILES string of the molecule is O=C(Nc1cc[c]cc1)c1ccc2ccccc2c1. The van der Waals surface area contributed by atoms with Crippen molar-refractivity contribution in [3.63, 3.8) is 0 Å². The van der Waals surface area contributed by atoms with E-state index in [2.05, 4.69) is 11.4 Å². The van der Waals surface area contributed by atoms with Gasteiger partial charge in [-0.2, -0.15) is 0 Å². The number of hydrogen-bond donors (Lipinski definition) is 1. The van der Waals surface area contributed by atoms with E-state index in [4.69, 9.17) is 0 Å². The number of rotatable bonds is 2. The number of fused-ring (bicyclic) bond motifs is 1. The molecule has 3 aromatic rings. The lowest BCUT2D eigenvalue weighted by atomic mass is 10.1. The van der Waals surface area contributed by atoms with E-state index in [0.717, 1.165) is 16.5 Å². The van der Waals surface area contributed by atoms with Crippen molar-refractivity contribution in [2.75, 3.05) is 5.32 Å². The lowest BCUT2D eigenvalue weighted by Crippen LogP contribution is -2.11. The van der Waals surface area contributed by atoms with Gasteiger partial charge in [-0.05, 0) is 41.1 Å². The zero-order valence-electron chi connectivity index (χ0n) is 10.3. The summed E-state index contributed by atoms with van der Waals surface area (Å²) in [6.07, 6.45) is 0. The molecule has 0 heterocycles. The zero-order valence-corrected chi connectivity index (χ0v) is 10.3. The van der Waals surface area contributed by atoms with Gasteiger partial charge in [0.2, 0.25) is 0 Å². The second kappa shape index (κ2) is 4.94. The molecule has 91 valence electrons. The first-order valence-electron chi connectivity index (χ1n) is 6.09. The van der Waals surface area contributed by atoms with Gasteiger partial charge < -0.3 is 5.32 Å². The van der Waals surface area contributed by atoms with Crippen LogP contribution in [0.5, 0.6) is 0 Å². The third-order valence-electron chi connectivity index (χ3n) is 2.99. The summed E-state index contributed by atoms with van der Waals surface area (Å²) in [7, 11) is 0. The quantitative estimate of drug-likeness (QED) is 0.730. The molecular formula is C17H12NO. The number of hydrogen-bond acceptors (Lipinski definition) is 1. The van der Waals surface area contributed by atoms with E-state index in [1.165, 1.54) is 0 Å². The van der Waals surface area contributed by atoms with Crippen LogP contribution in [0.15, 0.2) is 66.7 Å². The Morgan fingerprint density at radius 3 is 2.42 bits per heavy atom. The summed E-state index contributed by atoms with van der Waals surface area (Å²) in [6.45, 7) is 0. The van der Waals surface area contributed by atoms with Crippen LogP contribution in [0, 0.1) is 6.07 Å². The smallest absolute Gasteiger partial charge is 0.255 e. The first-order chi connectivity index (χ1) is 9.33. The van der Waals surface area contributed by atoms with Gasteiger partial charge in [0, 0.05) is 11.3 Å². The molecule has 0 aliphatic carbocycles. The monoisotopic (exact) mass is 246 g/mol. The molecule has 3 rings (SSSR count). The standard InChI is InChI=1S/C17H12NO/c19-17(18-16-8-2-1-3-9-16)15-11-10-13-6-4-5-7-14(13)12-15/h2-12H,(H,18,19). The molecule has 0 atom stereocenters. The molecular weight excluding hydrogens is 234 g/mol. The van der Waals surface area contributed by atoms with Crippen molar-refractivity contribution >= 4 is 22.4 Å². The first kappa shape index (κ1) is 11.5. The molecule has 0 saturated carbocycles. The number of benzene rings is 3. The molecule has 1 radical (unpaired) electrons. The van der Waals surface area contributed by atoms with Crippen molar-refractivity contribution in [1.82, 2.24) is 0 Å². The van der Waals surface area contributed by atoms with Gasteiger partial charge in [0.1, 0.15) is 0 Å². The van der Waals surface area contributed by atoms with Crippen molar-refractivity contribution in [3.05, 3.63) is 78.4 Å². The van der Waals surface area contributed by atoms with Gasteiger partial charge in [-0.25, -0.2) is 0 Å². The Bertz CT molecular complexity index is 719. The third-order valence-corrected chi connectivity index (χ3v) is 2.99. The van der Waals surface area contributed by atoms with Crippen molar-refractivity contribution < 1.29 is 4.79 Å². The summed E-state index contributed by atoms with van der Waals surface area (Å²) in [5.41, 5.74) is 1.43. The van der Waals surface area contributed by atoms with E-state index < -0.39 is 0 Å². The third kappa shape index (κ3) is 2.47. The molecule has 19 heavy (non-hydrogen) atoms. The van der Waals surface area contributed by atoms with Crippen LogP contribution in [0.1, 0.15) is 10.4 Å². The molecule has 0 fully saturated rings. The van der Waals surface area contributed by atoms with Crippen molar-refractivity contribution in [2.24, 2.45) is 0 Å². The number of nitrogens with one attached hydrogen (secondary N) is 1. The molecule has 2 nitrogen and oxygen atoms in total. The number of carbonyl (C=O) groups excluding carboxylic acids is 1. The maximum absolute atomic E-state index is 12.1. The van der Waals surface area contributed by atoms with Gasteiger partial charge >= 0.3 is 0 Å². The normalized spacial score (nSPS) is 10.3. The zero-order chi connectivity index (χ0) is 13.1. The number of carbonyl (C=O) groups is 1. The highest BCUT2D eigenvalue weighted by Crippen LogP contribution is 2.16. The molecule has 1 N–H and O–H groups in total. The molecule has 0 aliphatic rings. The minimum absolute atomic E-state index is 0.100. The fourth-order valence-electron chi connectivity index (χ4n) is 2.00. The van der Waals surface area contributed by atoms with Crippen LogP contribution in [-0.2, 0) is 0 Å². The molecule has 1 amide bonds. The highest BCUT2D eigenvalue weighted by atomic mass is 16.1. The Balaban J connectivity index is 1.89. The molecule has 3 aromatic carbocycles. The van der Waals surface area contributed by atoms with E-state index in [1.807, 2.05) is 54.6 Å². The summed E-state index contributed by atoms with van der Waals surface area (Å²) in [6, 6.07) is 23.8. The van der Waals surface area contributed by atoms with Crippen molar-refractivity contribution in [3.8, 4) is 0 Å². The van der Waals surface area contributed by atoms with E-state index in [-0.39, 0.29) is 5.91 Å². The minimum Gasteiger partial charge on any atom is -0.322 e. The molecule has 0 unspecified atom stereocenters. The van der Waals surface area contributed by atoms with Crippen LogP contribution >= 0.6 is 0 Å². The largest absolute Gasteiger partial charge is 0.322 e. The average molecular weight is 246 g/mol. The predicted octanol–water partition coefficient (Wildman–Crippen LogP) is 3.89. The Morgan fingerprint density at radius 1 is 0.895 bits per heavy atom. The van der Waals surface area contributed by atoms with E-state index in [9.17, 15) is 4.79 Å². The maximum atomic E-state index is 12.1. The number of amides is 1. The van der Waals surface area contributed by atoms with Crippen LogP contribution in [0.3, 0.4) is 0 Å². The highest BCUT2D eigenvalue weighted by Gasteiger charge is 2.06. The van der Waals surface area contributed by atoms with Crippen LogP contribution < -0.4 is 5.32 Å². The summed E-state index contributed by atoms with van der Waals surface area (Å²) < 4.78 is 0. The Morgan fingerprint density at radius 2 is 1.63 bits per heavy atom. The van der Waals surface area contributed by atoms with Gasteiger partial charge in [-0.3, -0.25) is 4.79 Å². The van der Waals surface area contributed by atoms with Crippen molar-refractivity contribution in [2.45, 2.75) is 0 Å². The summed E-state index contributed by atoms with van der Waals surface area (Å²) >= 11 is 0. The van der Waals surface area contributed by atoms with Crippen molar-refractivity contribution in [1.29, 1.82) is 0 Å². The first-order valence-corrected chi connectivity index (χ1v) is 6.09. The van der Waals surface area contributed by atoms with Crippen LogP contribution in [-0.4, -0.2) is 5.91 Å². The molecule has 0 spiro atoms. The summed E-state index contributed by atoms with van der Waals surface area (Å²) in [5.74, 6) is -0.100. The highest BCUT2D eigenvalue weighted by molar-refractivity contribution is 6.06. The molecule has 0 bridgehead atoms. The number of anilines is 1. The predicted molar refractivity (Wildman–Crippen MR) is 77.2 cm³/mol. The van der Waals surface area contributed by atoms with Gasteiger partial charge in [0.05, 0.1) is 0 Å². The minimum atomic E-state index is -0.100. The van der Waals surface area contributed by atoms with E-state index >= 15 is 0 Å². The molecule has 2 heteroatoms. The molecule has 0 aliphatic heterocycles. The second-order valence-corrected chi connectivity index (χ2v) is 4.30. The average Bonchev–Trinajstić information content (AvgIpc) is 2.48.